The summed E-state index contributed by atoms with van der Waals surface area (Å²) in [5.41, 5.74) is 0. The number of ether oxygens (including phenoxy) is 1. The van der Waals surface area contributed by atoms with Crippen molar-refractivity contribution in [1.82, 2.24) is 4.72 Å². The van der Waals surface area contributed by atoms with Crippen LogP contribution in [0.2, 0.25) is 0 Å². The highest BCUT2D eigenvalue weighted by molar-refractivity contribution is 7.89. The van der Waals surface area contributed by atoms with Crippen molar-refractivity contribution in [3.8, 4) is 0 Å². The van der Waals surface area contributed by atoms with Crippen LogP contribution in [0.1, 0.15) is 0 Å². The maximum absolute atomic E-state index is 13.3. The second kappa shape index (κ2) is 6.04. The van der Waals surface area contributed by atoms with Crippen LogP contribution in [0.4, 0.5) is 8.78 Å². The van der Waals surface area contributed by atoms with Gasteiger partial charge in [-0.3, -0.25) is 0 Å². The van der Waals surface area contributed by atoms with E-state index in [1.165, 1.54) is 0 Å². The van der Waals surface area contributed by atoms with Crippen LogP contribution in [0.5, 0.6) is 0 Å². The van der Waals surface area contributed by atoms with Crippen molar-refractivity contribution in [3.05, 3.63) is 29.8 Å². The summed E-state index contributed by atoms with van der Waals surface area (Å²) in [5.74, 6) is -3.45. The number of carboxylic acid groups (broad SMARTS) is 1. The largest absolute Gasteiger partial charge is 0.479 e. The maximum atomic E-state index is 13.3. The molecule has 0 saturated heterocycles. The van der Waals surface area contributed by atoms with Gasteiger partial charge in [0.15, 0.2) is 6.10 Å². The third kappa shape index (κ3) is 3.94. The van der Waals surface area contributed by atoms with Crippen molar-refractivity contribution in [2.24, 2.45) is 0 Å². The molecule has 0 amide bonds. The number of aliphatic carboxylic acids is 1. The van der Waals surface area contributed by atoms with Gasteiger partial charge >= 0.3 is 5.97 Å². The number of carboxylic acids is 1. The van der Waals surface area contributed by atoms with E-state index in [2.05, 4.69) is 4.74 Å². The molecule has 2 N–H and O–H groups in total. The van der Waals surface area contributed by atoms with Gasteiger partial charge in [-0.15, -0.1) is 0 Å². The van der Waals surface area contributed by atoms with Gasteiger partial charge in [-0.2, -0.15) is 0 Å². The molecule has 0 bridgehead atoms. The second-order valence-corrected chi connectivity index (χ2v) is 5.22. The Labute approximate surface area is 108 Å². The topological polar surface area (TPSA) is 92.7 Å². The lowest BCUT2D eigenvalue weighted by atomic mass is 10.3. The molecule has 1 aromatic carbocycles. The summed E-state index contributed by atoms with van der Waals surface area (Å²) in [6.45, 7) is -0.607. The number of hydrogen-bond acceptors (Lipinski definition) is 4. The molecule has 1 unspecified atom stereocenters. The van der Waals surface area contributed by atoms with Gasteiger partial charge < -0.3 is 9.84 Å². The molecule has 1 aromatic rings. The number of carbonyl (C=O) groups is 1. The summed E-state index contributed by atoms with van der Waals surface area (Å²) in [6, 6.07) is 1.93. The first-order valence-electron chi connectivity index (χ1n) is 4.98. The Bertz CT molecular complexity index is 575. The van der Waals surface area contributed by atoms with Gasteiger partial charge in [0.05, 0.1) is 0 Å². The Hall–Kier alpha value is -1.58. The van der Waals surface area contributed by atoms with Gasteiger partial charge in [-0.25, -0.2) is 26.7 Å². The van der Waals surface area contributed by atoms with Gasteiger partial charge in [-0.1, -0.05) is 0 Å². The fourth-order valence-electron chi connectivity index (χ4n) is 1.22. The molecule has 0 radical (unpaired) electrons. The summed E-state index contributed by atoms with van der Waals surface area (Å²) in [7, 11) is -3.28. The number of nitrogens with one attached hydrogen (secondary N) is 1. The van der Waals surface area contributed by atoms with Crippen LogP contribution in [0, 0.1) is 11.6 Å². The monoisotopic (exact) mass is 295 g/mol. The average molecular weight is 295 g/mol. The van der Waals surface area contributed by atoms with E-state index >= 15 is 0 Å². The summed E-state index contributed by atoms with van der Waals surface area (Å²) in [5, 5.41) is 8.65. The van der Waals surface area contributed by atoms with Crippen LogP contribution in [-0.4, -0.2) is 39.3 Å². The first kappa shape index (κ1) is 15.5. The lowest BCUT2D eigenvalue weighted by Crippen LogP contribution is -2.38. The van der Waals surface area contributed by atoms with E-state index < -0.39 is 45.2 Å². The molecule has 9 heteroatoms. The Kier molecular flexibility index (Phi) is 4.92. The van der Waals surface area contributed by atoms with Crippen molar-refractivity contribution < 1.29 is 31.8 Å². The van der Waals surface area contributed by atoms with Crippen LogP contribution >= 0.6 is 0 Å². The number of sulfonamides is 1. The zero-order valence-electron chi connectivity index (χ0n) is 9.76. The number of rotatable bonds is 6. The third-order valence-electron chi connectivity index (χ3n) is 2.20. The number of methoxy groups -OCH3 is 1. The van der Waals surface area contributed by atoms with Gasteiger partial charge in [0.2, 0.25) is 10.0 Å². The highest BCUT2D eigenvalue weighted by Gasteiger charge is 2.24. The van der Waals surface area contributed by atoms with Crippen molar-refractivity contribution >= 4 is 16.0 Å². The Morgan fingerprint density at radius 3 is 2.63 bits per heavy atom. The fourth-order valence-corrected chi connectivity index (χ4v) is 2.34. The van der Waals surface area contributed by atoms with Gasteiger partial charge in [0, 0.05) is 13.7 Å². The first-order chi connectivity index (χ1) is 8.77. The quantitative estimate of drug-likeness (QED) is 0.789. The van der Waals surface area contributed by atoms with Crippen LogP contribution in [-0.2, 0) is 19.6 Å². The van der Waals surface area contributed by atoms with Crippen molar-refractivity contribution in [2.45, 2.75) is 11.0 Å². The molecule has 19 heavy (non-hydrogen) atoms. The fraction of sp³-hybridized carbons (Fsp3) is 0.300. The van der Waals surface area contributed by atoms with Crippen LogP contribution < -0.4 is 4.72 Å². The first-order valence-corrected chi connectivity index (χ1v) is 6.46. The minimum absolute atomic E-state index is 0.500. The summed E-state index contributed by atoms with van der Waals surface area (Å²) >= 11 is 0. The smallest absolute Gasteiger partial charge is 0.334 e. The van der Waals surface area contributed by atoms with E-state index in [4.69, 9.17) is 5.11 Å². The van der Waals surface area contributed by atoms with Crippen LogP contribution in [0.25, 0.3) is 0 Å². The lowest BCUT2D eigenvalue weighted by Gasteiger charge is -2.12. The summed E-state index contributed by atoms with van der Waals surface area (Å²) in [4.78, 5) is 9.72. The molecule has 0 aliphatic rings. The molecule has 0 fully saturated rings. The predicted molar refractivity (Wildman–Crippen MR) is 60.0 cm³/mol. The molecular weight excluding hydrogens is 284 g/mol. The molecule has 1 atom stereocenters. The summed E-state index contributed by atoms with van der Waals surface area (Å²) in [6.07, 6.45) is -1.42. The van der Waals surface area contributed by atoms with E-state index in [0.29, 0.717) is 12.1 Å². The molecular formula is C10H11F2NO5S. The predicted octanol–water partition coefficient (Wildman–Crippen LogP) is 0.343. The normalized spacial score (nSPS) is 13.2. The number of hydrogen-bond donors (Lipinski definition) is 2. The minimum Gasteiger partial charge on any atom is -0.479 e. The van der Waals surface area contributed by atoms with E-state index in [0.717, 1.165) is 13.2 Å². The highest BCUT2D eigenvalue weighted by Crippen LogP contribution is 2.15. The zero-order valence-corrected chi connectivity index (χ0v) is 10.6. The molecule has 106 valence electrons. The highest BCUT2D eigenvalue weighted by atomic mass is 32.2. The number of halogens is 2. The van der Waals surface area contributed by atoms with E-state index in [9.17, 15) is 22.0 Å². The Morgan fingerprint density at radius 2 is 2.11 bits per heavy atom. The molecule has 0 spiro atoms. The molecule has 0 aromatic heterocycles. The van der Waals surface area contributed by atoms with Gasteiger partial charge in [0.25, 0.3) is 0 Å². The summed E-state index contributed by atoms with van der Waals surface area (Å²) < 4.78 is 55.9. The molecule has 6 nitrogen and oxygen atoms in total. The SMILES string of the molecule is COC(CNS(=O)(=O)c1cc(F)ccc1F)C(=O)O. The van der Waals surface area contributed by atoms with Crippen molar-refractivity contribution in [2.75, 3.05) is 13.7 Å². The van der Waals surface area contributed by atoms with Gasteiger partial charge in [-0.05, 0) is 18.2 Å². The molecule has 0 aliphatic carbocycles. The van der Waals surface area contributed by atoms with E-state index in [1.54, 1.807) is 0 Å². The molecule has 0 aliphatic heterocycles. The molecule has 0 saturated carbocycles. The number of benzene rings is 1. The second-order valence-electron chi connectivity index (χ2n) is 3.49. The molecule has 0 heterocycles. The van der Waals surface area contributed by atoms with Crippen molar-refractivity contribution in [1.29, 1.82) is 0 Å². The molecule has 1 rings (SSSR count). The average Bonchev–Trinajstić information content (AvgIpc) is 2.32. The van der Waals surface area contributed by atoms with E-state index in [-0.39, 0.29) is 0 Å². The van der Waals surface area contributed by atoms with Crippen molar-refractivity contribution in [3.63, 3.8) is 0 Å². The third-order valence-corrected chi connectivity index (χ3v) is 3.64. The van der Waals surface area contributed by atoms with Gasteiger partial charge in [0.1, 0.15) is 16.5 Å². The standard InChI is InChI=1S/C10H11F2NO5S/c1-18-8(10(14)15)5-13-19(16,17)9-4-6(11)2-3-7(9)12/h2-4,8,13H,5H2,1H3,(H,14,15). The van der Waals surface area contributed by atoms with Crippen LogP contribution in [0.3, 0.4) is 0 Å². The lowest BCUT2D eigenvalue weighted by molar-refractivity contribution is -0.147. The van der Waals surface area contributed by atoms with E-state index in [1.807, 2.05) is 4.72 Å². The maximum Gasteiger partial charge on any atom is 0.334 e. The Morgan fingerprint density at radius 1 is 1.47 bits per heavy atom. The van der Waals surface area contributed by atoms with Crippen LogP contribution in [0.15, 0.2) is 23.1 Å². The Balaban J connectivity index is 2.93. The minimum atomic E-state index is -4.36. The zero-order chi connectivity index (χ0) is 14.6.